The van der Waals surface area contributed by atoms with E-state index in [1.807, 2.05) is 0 Å². The topological polar surface area (TPSA) is 50.4 Å². The zero-order valence-electron chi connectivity index (χ0n) is 12.8. The number of hydrogen-bond acceptors (Lipinski definition) is 2. The maximum Gasteiger partial charge on any atom is 0.315 e. The number of ether oxygens (including phenoxy) is 1. The summed E-state index contributed by atoms with van der Waals surface area (Å²) in [6, 6.07) is 0.319. The first-order chi connectivity index (χ1) is 9.62. The minimum atomic E-state index is -0.00933. The van der Waals surface area contributed by atoms with Crippen molar-refractivity contribution in [3.8, 4) is 0 Å². The molecule has 2 aliphatic rings. The number of carbonyl (C=O) groups is 1. The van der Waals surface area contributed by atoms with Gasteiger partial charge in [-0.1, -0.05) is 18.1 Å². The van der Waals surface area contributed by atoms with E-state index in [0.717, 1.165) is 38.9 Å². The van der Waals surface area contributed by atoms with Crippen molar-refractivity contribution in [1.82, 2.24) is 10.6 Å². The first-order valence-corrected chi connectivity index (χ1v) is 7.88. The summed E-state index contributed by atoms with van der Waals surface area (Å²) in [6.45, 7) is 6.56. The largest absolute Gasteiger partial charge is 0.381 e. The molecule has 2 fully saturated rings. The number of carbonyl (C=O) groups excluding carboxylic acids is 1. The lowest BCUT2D eigenvalue weighted by atomic mass is 9.75. The van der Waals surface area contributed by atoms with Crippen LogP contribution in [0.25, 0.3) is 0 Å². The standard InChI is InChI=1S/C16H28N2O2/c1-13(2)5-4-10-17-15(19)18-14-6-3-7-16(14)8-11-20-12-9-16/h5,14H,3-4,6-12H2,1-2H3,(H2,17,18,19)/t14-/m0/s1. The minimum absolute atomic E-state index is 0.00933. The molecule has 114 valence electrons. The van der Waals surface area contributed by atoms with Crippen molar-refractivity contribution >= 4 is 6.03 Å². The Morgan fingerprint density at radius 1 is 1.30 bits per heavy atom. The zero-order chi connectivity index (χ0) is 14.4. The summed E-state index contributed by atoms with van der Waals surface area (Å²) < 4.78 is 5.48. The van der Waals surface area contributed by atoms with Gasteiger partial charge in [-0.2, -0.15) is 0 Å². The SMILES string of the molecule is CC(C)=CCCNC(=O)N[C@H]1CCCC12CCOCC2. The van der Waals surface area contributed by atoms with Crippen molar-refractivity contribution < 1.29 is 9.53 Å². The van der Waals surface area contributed by atoms with Crippen molar-refractivity contribution in [2.24, 2.45) is 5.41 Å². The van der Waals surface area contributed by atoms with Crippen LogP contribution in [0.1, 0.15) is 52.4 Å². The number of nitrogens with one attached hydrogen (secondary N) is 2. The lowest BCUT2D eigenvalue weighted by Gasteiger charge is -2.39. The summed E-state index contributed by atoms with van der Waals surface area (Å²) in [7, 11) is 0. The Labute approximate surface area is 122 Å². The molecule has 2 N–H and O–H groups in total. The van der Waals surface area contributed by atoms with Crippen LogP contribution in [0.15, 0.2) is 11.6 Å². The molecule has 1 heterocycles. The third-order valence-electron chi connectivity index (χ3n) is 4.68. The Hall–Kier alpha value is -1.03. The zero-order valence-corrected chi connectivity index (χ0v) is 12.8. The lowest BCUT2D eigenvalue weighted by Crippen LogP contribution is -2.50. The van der Waals surface area contributed by atoms with Gasteiger partial charge in [-0.15, -0.1) is 0 Å². The fraction of sp³-hybridized carbons (Fsp3) is 0.812. The van der Waals surface area contributed by atoms with Gasteiger partial charge in [-0.3, -0.25) is 0 Å². The predicted octanol–water partition coefficient (Wildman–Crippen LogP) is 2.99. The highest BCUT2D eigenvalue weighted by Gasteiger charge is 2.44. The van der Waals surface area contributed by atoms with Crippen molar-refractivity contribution in [2.75, 3.05) is 19.8 Å². The first-order valence-electron chi connectivity index (χ1n) is 7.88. The fourth-order valence-corrected chi connectivity index (χ4v) is 3.50. The molecule has 2 rings (SSSR count). The molecular weight excluding hydrogens is 252 g/mol. The monoisotopic (exact) mass is 280 g/mol. The summed E-state index contributed by atoms with van der Waals surface area (Å²) in [6.07, 6.45) is 8.81. The van der Waals surface area contributed by atoms with Crippen LogP contribution < -0.4 is 10.6 Å². The maximum absolute atomic E-state index is 12.0. The van der Waals surface area contributed by atoms with Gasteiger partial charge in [-0.25, -0.2) is 4.79 Å². The van der Waals surface area contributed by atoms with Crippen molar-refractivity contribution in [3.05, 3.63) is 11.6 Å². The van der Waals surface area contributed by atoms with Crippen LogP contribution in [0.4, 0.5) is 4.79 Å². The molecule has 0 aromatic carbocycles. The van der Waals surface area contributed by atoms with E-state index in [0.29, 0.717) is 18.0 Å². The normalized spacial score (nSPS) is 24.4. The molecule has 2 amide bonds. The van der Waals surface area contributed by atoms with Gasteiger partial charge in [0.25, 0.3) is 0 Å². The van der Waals surface area contributed by atoms with Crippen LogP contribution in [-0.2, 0) is 4.74 Å². The highest BCUT2D eigenvalue weighted by atomic mass is 16.5. The highest BCUT2D eigenvalue weighted by molar-refractivity contribution is 5.74. The number of rotatable bonds is 4. The van der Waals surface area contributed by atoms with Crippen molar-refractivity contribution in [2.45, 2.75) is 58.4 Å². The molecule has 1 saturated carbocycles. The van der Waals surface area contributed by atoms with Gasteiger partial charge in [0.05, 0.1) is 0 Å². The molecule has 1 saturated heterocycles. The average Bonchev–Trinajstić information content (AvgIpc) is 2.78. The lowest BCUT2D eigenvalue weighted by molar-refractivity contribution is 0.00625. The van der Waals surface area contributed by atoms with Gasteiger partial charge in [0, 0.05) is 25.8 Å². The summed E-state index contributed by atoms with van der Waals surface area (Å²) in [5, 5.41) is 6.16. The van der Waals surface area contributed by atoms with Crippen LogP contribution in [0.3, 0.4) is 0 Å². The molecule has 0 aromatic rings. The molecule has 0 bridgehead atoms. The number of amides is 2. The Morgan fingerprint density at radius 3 is 2.75 bits per heavy atom. The summed E-state index contributed by atoms with van der Waals surface area (Å²) in [4.78, 5) is 12.0. The molecule has 4 heteroatoms. The third kappa shape index (κ3) is 3.98. The average molecular weight is 280 g/mol. The Bertz CT molecular complexity index is 355. The second-order valence-corrected chi connectivity index (χ2v) is 6.39. The van der Waals surface area contributed by atoms with Gasteiger partial charge >= 0.3 is 6.03 Å². The van der Waals surface area contributed by atoms with E-state index in [1.54, 1.807) is 0 Å². The van der Waals surface area contributed by atoms with Gasteiger partial charge in [-0.05, 0) is 51.4 Å². The van der Waals surface area contributed by atoms with Crippen LogP contribution in [0.5, 0.6) is 0 Å². The molecule has 1 atom stereocenters. The molecule has 0 aromatic heterocycles. The van der Waals surface area contributed by atoms with Crippen LogP contribution in [0.2, 0.25) is 0 Å². The predicted molar refractivity (Wildman–Crippen MR) is 80.7 cm³/mol. The number of urea groups is 1. The summed E-state index contributed by atoms with van der Waals surface area (Å²) in [5.41, 5.74) is 1.60. The number of allylic oxidation sites excluding steroid dienone is 1. The molecule has 0 radical (unpaired) electrons. The van der Waals surface area contributed by atoms with Gasteiger partial charge in [0.2, 0.25) is 0 Å². The van der Waals surface area contributed by atoms with Crippen molar-refractivity contribution in [3.63, 3.8) is 0 Å². The molecule has 0 unspecified atom stereocenters. The van der Waals surface area contributed by atoms with Crippen LogP contribution in [-0.4, -0.2) is 31.8 Å². The maximum atomic E-state index is 12.0. The Kier molecular flexibility index (Phi) is 5.46. The molecule has 4 nitrogen and oxygen atoms in total. The van der Waals surface area contributed by atoms with E-state index in [9.17, 15) is 4.79 Å². The summed E-state index contributed by atoms with van der Waals surface area (Å²) >= 11 is 0. The van der Waals surface area contributed by atoms with Gasteiger partial charge in [0.15, 0.2) is 0 Å². The minimum Gasteiger partial charge on any atom is -0.381 e. The second kappa shape index (κ2) is 7.11. The van der Waals surface area contributed by atoms with E-state index in [4.69, 9.17) is 4.74 Å². The molecule has 20 heavy (non-hydrogen) atoms. The van der Waals surface area contributed by atoms with E-state index in [-0.39, 0.29) is 6.03 Å². The molecular formula is C16H28N2O2. The molecule has 1 spiro atoms. The van der Waals surface area contributed by atoms with Crippen LogP contribution >= 0.6 is 0 Å². The Balaban J connectivity index is 1.77. The Morgan fingerprint density at radius 2 is 2.05 bits per heavy atom. The van der Waals surface area contributed by atoms with Gasteiger partial charge < -0.3 is 15.4 Å². The molecule has 1 aliphatic heterocycles. The van der Waals surface area contributed by atoms with Gasteiger partial charge in [0.1, 0.15) is 0 Å². The first kappa shape index (κ1) is 15.4. The van der Waals surface area contributed by atoms with E-state index >= 15 is 0 Å². The highest BCUT2D eigenvalue weighted by Crippen LogP contribution is 2.45. The second-order valence-electron chi connectivity index (χ2n) is 6.39. The van der Waals surface area contributed by atoms with E-state index in [2.05, 4.69) is 30.6 Å². The fourth-order valence-electron chi connectivity index (χ4n) is 3.50. The van der Waals surface area contributed by atoms with E-state index < -0.39 is 0 Å². The number of hydrogen-bond donors (Lipinski definition) is 2. The van der Waals surface area contributed by atoms with Crippen LogP contribution in [0, 0.1) is 5.41 Å². The van der Waals surface area contributed by atoms with E-state index in [1.165, 1.54) is 18.4 Å². The quantitative estimate of drug-likeness (QED) is 0.614. The van der Waals surface area contributed by atoms with Crippen molar-refractivity contribution in [1.29, 1.82) is 0 Å². The molecule has 1 aliphatic carbocycles. The third-order valence-corrected chi connectivity index (χ3v) is 4.68. The smallest absolute Gasteiger partial charge is 0.315 e. The summed E-state index contributed by atoms with van der Waals surface area (Å²) in [5.74, 6) is 0.